The predicted molar refractivity (Wildman–Crippen MR) is 80.1 cm³/mol. The molecule has 0 aromatic heterocycles. The third-order valence-electron chi connectivity index (χ3n) is 3.67. The number of unbranched alkanes of at least 4 members (excludes halogenated alkanes) is 1. The number of fused-ring (bicyclic) bond motifs is 1. The van der Waals surface area contributed by atoms with Gasteiger partial charge in [0.05, 0.1) is 0 Å². The fraction of sp³-hybridized carbons (Fsp3) is 0.333. The Balaban J connectivity index is 1.84. The number of ether oxygens (including phenoxy) is 2. The summed E-state index contributed by atoms with van der Waals surface area (Å²) in [4.78, 5) is 0. The summed E-state index contributed by atoms with van der Waals surface area (Å²) in [6, 6.07) is 18.3. The van der Waals surface area contributed by atoms with Gasteiger partial charge in [-0.25, -0.2) is 0 Å². The largest absolute Gasteiger partial charge is 0.448 e. The monoisotopic (exact) mass is 268 g/mol. The lowest BCUT2D eigenvalue weighted by Gasteiger charge is -2.28. The van der Waals surface area contributed by atoms with Crippen molar-refractivity contribution in [1.82, 2.24) is 0 Å². The topological polar surface area (TPSA) is 18.5 Å². The van der Waals surface area contributed by atoms with Gasteiger partial charge in [0.1, 0.15) is 0 Å². The molecule has 2 aromatic carbocycles. The zero-order valence-electron chi connectivity index (χ0n) is 11.8. The van der Waals surface area contributed by atoms with Gasteiger partial charge in [0.2, 0.25) is 0 Å². The smallest absolute Gasteiger partial charge is 0.255 e. The molecule has 1 aliphatic rings. The highest BCUT2D eigenvalue weighted by molar-refractivity contribution is 5.43. The molecule has 0 amide bonds. The van der Waals surface area contributed by atoms with Crippen LogP contribution in [0.1, 0.15) is 31.7 Å². The van der Waals surface area contributed by atoms with E-state index in [9.17, 15) is 0 Å². The van der Waals surface area contributed by atoms with Crippen LogP contribution < -0.4 is 9.47 Å². The molecule has 2 heteroatoms. The fourth-order valence-electron chi connectivity index (χ4n) is 2.66. The third-order valence-corrected chi connectivity index (χ3v) is 3.67. The first-order chi connectivity index (χ1) is 9.81. The lowest BCUT2D eigenvalue weighted by atomic mass is 10.00. The Labute approximate surface area is 120 Å². The molecule has 20 heavy (non-hydrogen) atoms. The Hall–Kier alpha value is -1.96. The minimum atomic E-state index is -0.541. The molecule has 104 valence electrons. The lowest BCUT2D eigenvalue weighted by molar-refractivity contribution is -0.0860. The maximum Gasteiger partial charge on any atom is 0.255 e. The molecule has 0 spiro atoms. The van der Waals surface area contributed by atoms with E-state index < -0.39 is 5.79 Å². The highest BCUT2D eigenvalue weighted by Gasteiger charge is 2.40. The maximum absolute atomic E-state index is 6.18. The van der Waals surface area contributed by atoms with Crippen molar-refractivity contribution in [3.8, 4) is 11.5 Å². The zero-order valence-corrected chi connectivity index (χ0v) is 11.8. The number of para-hydroxylation sites is 2. The molecule has 0 atom stereocenters. The molecule has 1 aliphatic heterocycles. The van der Waals surface area contributed by atoms with Crippen molar-refractivity contribution in [1.29, 1.82) is 0 Å². The quantitative estimate of drug-likeness (QED) is 0.789. The Kier molecular flexibility index (Phi) is 3.64. The number of rotatable bonds is 5. The molecule has 0 N–H and O–H groups in total. The van der Waals surface area contributed by atoms with E-state index >= 15 is 0 Å². The standard InChI is InChI=1S/C18H20O2/c1-2-3-13-18(14-15-9-5-4-6-10-15)19-16-11-7-8-12-17(16)20-18/h4-12H,2-3,13-14H2,1H3. The van der Waals surface area contributed by atoms with Crippen molar-refractivity contribution >= 4 is 0 Å². The van der Waals surface area contributed by atoms with Crippen LogP contribution in [0.4, 0.5) is 0 Å². The van der Waals surface area contributed by atoms with E-state index in [1.807, 2.05) is 30.3 Å². The number of benzene rings is 2. The first-order valence-corrected chi connectivity index (χ1v) is 7.32. The Morgan fingerprint density at radius 3 is 2.05 bits per heavy atom. The van der Waals surface area contributed by atoms with Crippen LogP contribution >= 0.6 is 0 Å². The summed E-state index contributed by atoms with van der Waals surface area (Å²) in [6.45, 7) is 2.19. The van der Waals surface area contributed by atoms with Crippen LogP contribution in [-0.2, 0) is 6.42 Å². The first-order valence-electron chi connectivity index (χ1n) is 7.32. The molecule has 0 radical (unpaired) electrons. The van der Waals surface area contributed by atoms with Crippen LogP contribution in [-0.4, -0.2) is 5.79 Å². The highest BCUT2D eigenvalue weighted by Crippen LogP contribution is 2.42. The van der Waals surface area contributed by atoms with E-state index in [0.29, 0.717) is 0 Å². The van der Waals surface area contributed by atoms with Gasteiger partial charge >= 0.3 is 0 Å². The minimum Gasteiger partial charge on any atom is -0.448 e. The summed E-state index contributed by atoms with van der Waals surface area (Å²) in [5.74, 6) is 1.18. The van der Waals surface area contributed by atoms with E-state index in [-0.39, 0.29) is 0 Å². The molecule has 0 saturated heterocycles. The Morgan fingerprint density at radius 2 is 1.45 bits per heavy atom. The zero-order chi connectivity index (χ0) is 13.8. The highest BCUT2D eigenvalue weighted by atomic mass is 16.7. The van der Waals surface area contributed by atoms with Crippen LogP contribution in [0.5, 0.6) is 11.5 Å². The second-order valence-electron chi connectivity index (χ2n) is 5.33. The van der Waals surface area contributed by atoms with E-state index in [4.69, 9.17) is 9.47 Å². The SMILES string of the molecule is CCCCC1(Cc2ccccc2)Oc2ccccc2O1. The van der Waals surface area contributed by atoms with Gasteiger partial charge in [0.15, 0.2) is 11.5 Å². The van der Waals surface area contributed by atoms with Gasteiger partial charge in [-0.3, -0.25) is 0 Å². The van der Waals surface area contributed by atoms with E-state index in [1.54, 1.807) is 0 Å². The molecule has 2 nitrogen and oxygen atoms in total. The molecule has 0 fully saturated rings. The molecule has 0 saturated carbocycles. The normalized spacial score (nSPS) is 15.2. The van der Waals surface area contributed by atoms with Crippen molar-refractivity contribution in [2.24, 2.45) is 0 Å². The van der Waals surface area contributed by atoms with Gasteiger partial charge in [-0.15, -0.1) is 0 Å². The lowest BCUT2D eigenvalue weighted by Crippen LogP contribution is -2.41. The average molecular weight is 268 g/mol. The Morgan fingerprint density at radius 1 is 0.850 bits per heavy atom. The molecule has 1 heterocycles. The molecule has 0 bridgehead atoms. The van der Waals surface area contributed by atoms with Crippen LogP contribution in [0.25, 0.3) is 0 Å². The van der Waals surface area contributed by atoms with Gasteiger partial charge in [-0.1, -0.05) is 55.8 Å². The van der Waals surface area contributed by atoms with Crippen LogP contribution in [0.3, 0.4) is 0 Å². The summed E-state index contributed by atoms with van der Waals surface area (Å²) in [6.07, 6.45) is 3.93. The molecule has 0 aliphatic carbocycles. The predicted octanol–water partition coefficient (Wildman–Crippen LogP) is 4.59. The molecule has 3 rings (SSSR count). The van der Waals surface area contributed by atoms with Crippen molar-refractivity contribution in [3.05, 3.63) is 60.2 Å². The first kappa shape index (κ1) is 13.0. The summed E-state index contributed by atoms with van der Waals surface area (Å²) < 4.78 is 12.4. The molecular formula is C18H20O2. The summed E-state index contributed by atoms with van der Waals surface area (Å²) >= 11 is 0. The maximum atomic E-state index is 6.18. The second kappa shape index (κ2) is 5.58. The summed E-state index contributed by atoms with van der Waals surface area (Å²) in [5, 5.41) is 0. The van der Waals surface area contributed by atoms with Gasteiger partial charge in [0.25, 0.3) is 5.79 Å². The summed E-state index contributed by atoms with van der Waals surface area (Å²) in [7, 11) is 0. The molecule has 0 unspecified atom stereocenters. The fourth-order valence-corrected chi connectivity index (χ4v) is 2.66. The van der Waals surface area contributed by atoms with Crippen molar-refractivity contribution in [3.63, 3.8) is 0 Å². The van der Waals surface area contributed by atoms with Gasteiger partial charge < -0.3 is 9.47 Å². The van der Waals surface area contributed by atoms with Crippen molar-refractivity contribution < 1.29 is 9.47 Å². The Bertz CT molecular complexity index is 538. The van der Waals surface area contributed by atoms with Crippen molar-refractivity contribution in [2.45, 2.75) is 38.4 Å². The average Bonchev–Trinajstić information content (AvgIpc) is 2.84. The minimum absolute atomic E-state index is 0.541. The van der Waals surface area contributed by atoms with E-state index in [1.165, 1.54) is 5.56 Å². The van der Waals surface area contributed by atoms with Gasteiger partial charge in [-0.2, -0.15) is 0 Å². The van der Waals surface area contributed by atoms with Gasteiger partial charge in [-0.05, 0) is 24.1 Å². The van der Waals surface area contributed by atoms with Crippen LogP contribution in [0, 0.1) is 0 Å². The summed E-state index contributed by atoms with van der Waals surface area (Å²) in [5.41, 5.74) is 1.25. The third kappa shape index (κ3) is 2.64. The van der Waals surface area contributed by atoms with E-state index in [0.717, 1.165) is 37.2 Å². The van der Waals surface area contributed by atoms with Gasteiger partial charge in [0, 0.05) is 12.8 Å². The molecule has 2 aromatic rings. The molecular weight excluding hydrogens is 248 g/mol. The van der Waals surface area contributed by atoms with Crippen LogP contribution in [0.2, 0.25) is 0 Å². The van der Waals surface area contributed by atoms with Crippen LogP contribution in [0.15, 0.2) is 54.6 Å². The van der Waals surface area contributed by atoms with Crippen molar-refractivity contribution in [2.75, 3.05) is 0 Å². The second-order valence-corrected chi connectivity index (χ2v) is 5.33. The van der Waals surface area contributed by atoms with E-state index in [2.05, 4.69) is 31.2 Å². The number of hydrogen-bond donors (Lipinski definition) is 0. The number of hydrogen-bond acceptors (Lipinski definition) is 2.